The molecule has 0 aliphatic rings. The van der Waals surface area contributed by atoms with Crippen molar-refractivity contribution in [3.8, 4) is 0 Å². The average Bonchev–Trinajstić information content (AvgIpc) is 2.82. The van der Waals surface area contributed by atoms with Crippen molar-refractivity contribution < 1.29 is 9.36 Å². The van der Waals surface area contributed by atoms with Crippen LogP contribution < -0.4 is 5.09 Å². The Morgan fingerprint density at radius 2 is 1.24 bits per heavy atom. The maximum absolute atomic E-state index is 13.5. The third-order valence-corrected chi connectivity index (χ3v) is 13.0. The average molecular weight is 584 g/mol. The number of carbonyl (C=O) groups is 1. The first-order chi connectivity index (χ1) is 16.4. The van der Waals surface area contributed by atoms with E-state index in [1.807, 2.05) is 0 Å². The minimum absolute atomic E-state index is 0.415. The molecule has 0 fully saturated rings. The number of alkyl halides is 1. The van der Waals surface area contributed by atoms with Crippen LogP contribution >= 0.6 is 34.0 Å². The Kier molecular flexibility index (Phi) is 24.5. The van der Waals surface area contributed by atoms with Crippen LogP contribution in [-0.2, 0) is 9.36 Å². The highest BCUT2D eigenvalue weighted by Gasteiger charge is 2.30. The minimum Gasteiger partial charge on any atom is -0.300 e. The van der Waals surface area contributed by atoms with Gasteiger partial charge in [0.05, 0.1) is 0 Å². The summed E-state index contributed by atoms with van der Waals surface area (Å²) in [5, 5.41) is 4.94. The second-order valence-electron chi connectivity index (χ2n) is 9.57. The van der Waals surface area contributed by atoms with Gasteiger partial charge in [0.25, 0.3) is 6.65 Å². The fourth-order valence-electron chi connectivity index (χ4n) is 4.10. The summed E-state index contributed by atoms with van der Waals surface area (Å²) in [6.07, 6.45) is 19.8. The summed E-state index contributed by atoms with van der Waals surface area (Å²) in [6, 6.07) is 0. The van der Waals surface area contributed by atoms with Gasteiger partial charge in [-0.1, -0.05) is 119 Å². The van der Waals surface area contributed by atoms with Gasteiger partial charge in [-0.05, 0) is 32.1 Å². The van der Waals surface area contributed by atoms with Gasteiger partial charge in [-0.15, -0.1) is 0 Å². The molecule has 34 heavy (non-hydrogen) atoms. The van der Waals surface area contributed by atoms with Crippen LogP contribution in [0.5, 0.6) is 0 Å². The highest BCUT2D eigenvalue weighted by molar-refractivity contribution is 9.09. The fraction of sp³-hybridized carbons (Fsp3) is 0.963. The summed E-state index contributed by atoms with van der Waals surface area (Å²) < 4.78 is 15.6. The molecule has 4 nitrogen and oxygen atoms in total. The van der Waals surface area contributed by atoms with Gasteiger partial charge < -0.3 is 0 Å². The van der Waals surface area contributed by atoms with Crippen LogP contribution in [0, 0.1) is 0 Å². The number of nitrogens with zero attached hydrogens (tertiary/aromatic N) is 1. The SMILES string of the molecule is CCC(C)SP(=O)(NCCCCCCCCCCCCC(=O)CCCCCCBr)N(CC)CC. The van der Waals surface area contributed by atoms with Crippen LogP contribution in [0.2, 0.25) is 0 Å². The van der Waals surface area contributed by atoms with Gasteiger partial charge in [0.15, 0.2) is 0 Å². The summed E-state index contributed by atoms with van der Waals surface area (Å²) in [4.78, 5) is 11.9. The van der Waals surface area contributed by atoms with Gasteiger partial charge in [0.1, 0.15) is 5.78 Å². The molecule has 0 amide bonds. The van der Waals surface area contributed by atoms with Crippen LogP contribution in [-0.4, -0.2) is 40.7 Å². The molecule has 0 spiro atoms. The monoisotopic (exact) mass is 582 g/mol. The molecule has 0 saturated carbocycles. The molecule has 0 aliphatic carbocycles. The number of hydrogen-bond donors (Lipinski definition) is 1. The Balaban J connectivity index is 3.65. The van der Waals surface area contributed by atoms with E-state index in [1.54, 1.807) is 11.4 Å². The first-order valence-corrected chi connectivity index (χ1v) is 18.6. The lowest BCUT2D eigenvalue weighted by molar-refractivity contribution is -0.119. The van der Waals surface area contributed by atoms with E-state index in [-0.39, 0.29) is 0 Å². The van der Waals surface area contributed by atoms with Gasteiger partial charge in [-0.25, -0.2) is 9.76 Å². The Morgan fingerprint density at radius 3 is 1.68 bits per heavy atom. The number of Topliss-reactive ketones (excluding diaryl/α,β-unsaturated/α-hetero) is 1. The number of carbonyl (C=O) groups excluding carboxylic acids is 1. The Bertz CT molecular complexity index is 521. The Hall–Kier alpha value is 0.650. The quantitative estimate of drug-likeness (QED) is 0.0624. The second-order valence-corrected chi connectivity index (χ2v) is 15.4. The number of unbranched alkanes of at least 4 members (excludes halogenated alkanes) is 12. The molecule has 0 bridgehead atoms. The highest BCUT2D eigenvalue weighted by atomic mass is 79.9. The molecular weight excluding hydrogens is 527 g/mol. The number of ketones is 1. The lowest BCUT2D eigenvalue weighted by Gasteiger charge is -2.31. The molecule has 0 saturated heterocycles. The summed E-state index contributed by atoms with van der Waals surface area (Å²) in [6.45, 7) is 8.54. The van der Waals surface area contributed by atoms with Crippen molar-refractivity contribution in [3.05, 3.63) is 0 Å². The first kappa shape index (κ1) is 34.6. The molecule has 0 aromatic carbocycles. The van der Waals surface area contributed by atoms with Gasteiger partial charge in [0, 0.05) is 43.1 Å². The topological polar surface area (TPSA) is 49.4 Å². The van der Waals surface area contributed by atoms with Crippen LogP contribution in [0.3, 0.4) is 0 Å². The van der Waals surface area contributed by atoms with E-state index in [4.69, 9.17) is 0 Å². The lowest BCUT2D eigenvalue weighted by atomic mass is 10.0. The number of hydrogen-bond acceptors (Lipinski definition) is 3. The maximum atomic E-state index is 13.5. The van der Waals surface area contributed by atoms with Crippen LogP contribution in [0.1, 0.15) is 137 Å². The van der Waals surface area contributed by atoms with E-state index in [0.717, 1.165) is 63.5 Å². The van der Waals surface area contributed by atoms with Crippen molar-refractivity contribution in [2.75, 3.05) is 25.0 Å². The predicted octanol–water partition coefficient (Wildman–Crippen LogP) is 9.76. The summed E-state index contributed by atoms with van der Waals surface area (Å²) in [7, 11) is 0. The summed E-state index contributed by atoms with van der Waals surface area (Å²) in [5.41, 5.74) is 0. The molecule has 2 atom stereocenters. The molecule has 0 rings (SSSR count). The van der Waals surface area contributed by atoms with E-state index in [9.17, 15) is 9.36 Å². The van der Waals surface area contributed by atoms with Gasteiger partial charge in [0.2, 0.25) is 0 Å². The largest absolute Gasteiger partial charge is 0.300 e. The van der Waals surface area contributed by atoms with E-state index < -0.39 is 6.65 Å². The smallest absolute Gasteiger partial charge is 0.269 e. The molecule has 0 aromatic rings. The summed E-state index contributed by atoms with van der Waals surface area (Å²) in [5.74, 6) is 0.472. The predicted molar refractivity (Wildman–Crippen MR) is 159 cm³/mol. The van der Waals surface area contributed by atoms with Crippen molar-refractivity contribution in [1.29, 1.82) is 0 Å². The highest BCUT2D eigenvalue weighted by Crippen LogP contribution is 2.59. The zero-order valence-corrected chi connectivity index (χ0v) is 26.2. The van der Waals surface area contributed by atoms with Crippen LogP contribution in [0.4, 0.5) is 0 Å². The van der Waals surface area contributed by atoms with Crippen molar-refractivity contribution in [2.45, 2.75) is 142 Å². The zero-order valence-electron chi connectivity index (χ0n) is 22.9. The lowest BCUT2D eigenvalue weighted by Crippen LogP contribution is -2.27. The van der Waals surface area contributed by atoms with E-state index in [1.165, 1.54) is 70.6 Å². The standard InChI is InChI=1S/C27H56BrN2O2PS/c1-5-26(4)34-33(32,30(6-2)7-3)29-25-21-17-13-11-9-8-10-12-14-18-22-27(31)23-19-15-16-20-24-28/h26H,5-25H2,1-4H3,(H,29,32). The molecule has 0 heterocycles. The number of halogens is 1. The van der Waals surface area contributed by atoms with Gasteiger partial charge in [-0.2, -0.15) is 0 Å². The number of nitrogens with one attached hydrogen (secondary N) is 1. The van der Waals surface area contributed by atoms with E-state index in [0.29, 0.717) is 11.0 Å². The van der Waals surface area contributed by atoms with Crippen molar-refractivity contribution >= 4 is 39.7 Å². The Labute approximate surface area is 225 Å². The molecule has 0 aliphatic heterocycles. The van der Waals surface area contributed by atoms with Crippen LogP contribution in [0.25, 0.3) is 0 Å². The molecule has 0 radical (unpaired) electrons. The summed E-state index contributed by atoms with van der Waals surface area (Å²) >= 11 is 5.10. The van der Waals surface area contributed by atoms with Crippen LogP contribution in [0.15, 0.2) is 0 Å². The minimum atomic E-state index is -2.52. The van der Waals surface area contributed by atoms with Crippen molar-refractivity contribution in [3.63, 3.8) is 0 Å². The zero-order chi connectivity index (χ0) is 25.5. The molecular formula is C27H56BrN2O2PS. The molecule has 1 N–H and O–H groups in total. The van der Waals surface area contributed by atoms with E-state index >= 15 is 0 Å². The van der Waals surface area contributed by atoms with Crippen molar-refractivity contribution in [1.82, 2.24) is 9.76 Å². The molecule has 204 valence electrons. The molecule has 2 unspecified atom stereocenters. The fourth-order valence-corrected chi connectivity index (χ4v) is 10.2. The number of rotatable bonds is 26. The first-order valence-electron chi connectivity index (χ1n) is 14.3. The van der Waals surface area contributed by atoms with Gasteiger partial charge in [-0.3, -0.25) is 9.36 Å². The Morgan fingerprint density at radius 1 is 0.794 bits per heavy atom. The van der Waals surface area contributed by atoms with Gasteiger partial charge >= 0.3 is 0 Å². The van der Waals surface area contributed by atoms with E-state index in [2.05, 4.69) is 53.4 Å². The van der Waals surface area contributed by atoms with Crippen molar-refractivity contribution in [2.24, 2.45) is 0 Å². The molecule has 0 aromatic heterocycles. The third kappa shape index (κ3) is 18.9. The third-order valence-electron chi connectivity index (χ3n) is 6.53. The maximum Gasteiger partial charge on any atom is 0.269 e. The second kappa shape index (κ2) is 24.0. The molecule has 7 heteroatoms. The normalized spacial score (nSPS) is 14.4.